The van der Waals surface area contributed by atoms with E-state index in [-0.39, 0.29) is 37.3 Å². The van der Waals surface area contributed by atoms with E-state index in [1.165, 1.54) is 9.80 Å². The summed E-state index contributed by atoms with van der Waals surface area (Å²) in [5.74, 6) is -0.661. The first-order valence-corrected chi connectivity index (χ1v) is 17.9. The lowest BCUT2D eigenvalue weighted by atomic mass is 9.98. The van der Waals surface area contributed by atoms with Gasteiger partial charge in [-0.05, 0) is 87.0 Å². The minimum Gasteiger partial charge on any atom is -0.436 e. The molecule has 3 fully saturated rings. The predicted octanol–water partition coefficient (Wildman–Crippen LogP) is 5.61. The number of urea groups is 1. The number of ether oxygens (including phenoxy) is 1. The monoisotopic (exact) mass is 738 g/mol. The Balaban J connectivity index is 1.15. The number of alkyl halides is 6. The molecule has 0 radical (unpaired) electrons. The average Bonchev–Trinajstić information content (AvgIpc) is 3.49. The van der Waals surface area contributed by atoms with Gasteiger partial charge in [-0.3, -0.25) is 9.69 Å². The molecule has 4 heterocycles. The summed E-state index contributed by atoms with van der Waals surface area (Å²) in [5.41, 5.74) is -1.68. The number of hydrogen-bond acceptors (Lipinski definition) is 6. The molecule has 4 amide bonds. The Bertz CT molecular complexity index is 1550. The molecule has 6 rings (SSSR count). The topological polar surface area (TPSA) is 97.5 Å². The SMILES string of the molecule is O=C(OC(Cc1cc(C(F)(F)F)cc(C(F)(F)F)c1)C(=O)N1CCC(N2CCCNCC2)CC1)N1CCC(N2CCc3ccccc3NC2=O)CC1. The summed E-state index contributed by atoms with van der Waals surface area (Å²) in [4.78, 5) is 47.5. The van der Waals surface area contributed by atoms with E-state index >= 15 is 0 Å². The van der Waals surface area contributed by atoms with Crippen molar-refractivity contribution in [3.05, 3.63) is 64.7 Å². The lowest BCUT2D eigenvalue weighted by Crippen LogP contribution is -2.53. The van der Waals surface area contributed by atoms with Gasteiger partial charge in [-0.1, -0.05) is 18.2 Å². The number of rotatable bonds is 6. The number of nitrogens with one attached hydrogen (secondary N) is 2. The number of benzene rings is 2. The summed E-state index contributed by atoms with van der Waals surface area (Å²) in [7, 11) is 0. The Kier molecular flexibility index (Phi) is 11.5. The highest BCUT2D eigenvalue weighted by atomic mass is 19.4. The molecule has 10 nitrogen and oxygen atoms in total. The molecule has 1 unspecified atom stereocenters. The lowest BCUT2D eigenvalue weighted by Gasteiger charge is -2.40. The molecule has 4 aliphatic heterocycles. The number of carbonyl (C=O) groups is 3. The van der Waals surface area contributed by atoms with Crippen molar-refractivity contribution in [2.75, 3.05) is 64.2 Å². The van der Waals surface area contributed by atoms with Crippen LogP contribution in [-0.2, 0) is 34.7 Å². The van der Waals surface area contributed by atoms with Gasteiger partial charge in [-0.15, -0.1) is 0 Å². The van der Waals surface area contributed by atoms with Gasteiger partial charge in [0.25, 0.3) is 5.91 Å². The number of carbonyl (C=O) groups excluding carboxylic acids is 3. The Morgan fingerprint density at radius 3 is 2.10 bits per heavy atom. The highest BCUT2D eigenvalue weighted by Gasteiger charge is 2.40. The molecule has 0 saturated carbocycles. The first-order valence-electron chi connectivity index (χ1n) is 17.9. The number of hydrogen-bond donors (Lipinski definition) is 2. The van der Waals surface area contributed by atoms with E-state index in [1.807, 2.05) is 24.3 Å². The van der Waals surface area contributed by atoms with Crippen LogP contribution in [-0.4, -0.2) is 115 Å². The second-order valence-electron chi connectivity index (χ2n) is 13.9. The number of likely N-dealkylation sites (tertiary alicyclic amines) is 2. The maximum absolute atomic E-state index is 14.0. The average molecular weight is 739 g/mol. The van der Waals surface area contributed by atoms with Crippen LogP contribution in [0.15, 0.2) is 42.5 Å². The fourth-order valence-electron chi connectivity index (χ4n) is 7.71. The molecule has 2 N–H and O–H groups in total. The van der Waals surface area contributed by atoms with Gasteiger partial charge >= 0.3 is 24.5 Å². The number of para-hydroxylation sites is 1. The number of amides is 4. The van der Waals surface area contributed by atoms with E-state index in [2.05, 4.69) is 15.5 Å². The van der Waals surface area contributed by atoms with Crippen LogP contribution in [0, 0.1) is 0 Å². The minimum absolute atomic E-state index is 0.0306. The van der Waals surface area contributed by atoms with Gasteiger partial charge in [0.05, 0.1) is 11.1 Å². The molecule has 0 aliphatic carbocycles. The van der Waals surface area contributed by atoms with Crippen LogP contribution in [0.1, 0.15) is 54.4 Å². The van der Waals surface area contributed by atoms with Crippen LogP contribution in [0.4, 0.5) is 41.6 Å². The summed E-state index contributed by atoms with van der Waals surface area (Å²) in [5, 5.41) is 6.30. The number of fused-ring (bicyclic) bond motifs is 1. The van der Waals surface area contributed by atoms with Crippen molar-refractivity contribution < 1.29 is 45.5 Å². The number of nitrogens with zero attached hydrogens (tertiary/aromatic N) is 4. The normalized spacial score (nSPS) is 20.8. The number of halogens is 6. The first kappa shape index (κ1) is 37.7. The van der Waals surface area contributed by atoms with E-state index in [1.54, 1.807) is 4.90 Å². The maximum atomic E-state index is 14.0. The molecule has 4 aliphatic rings. The number of piperidine rings is 2. The number of anilines is 1. The molecule has 16 heteroatoms. The van der Waals surface area contributed by atoms with Crippen molar-refractivity contribution in [2.45, 2.75) is 75.5 Å². The zero-order valence-electron chi connectivity index (χ0n) is 28.8. The van der Waals surface area contributed by atoms with Crippen LogP contribution in [0.2, 0.25) is 0 Å². The molecule has 284 valence electrons. The zero-order chi connectivity index (χ0) is 37.0. The lowest BCUT2D eigenvalue weighted by molar-refractivity contribution is -0.143. The third-order valence-electron chi connectivity index (χ3n) is 10.6. The van der Waals surface area contributed by atoms with Crippen molar-refractivity contribution in [2.24, 2.45) is 0 Å². The molecule has 0 aromatic heterocycles. The summed E-state index contributed by atoms with van der Waals surface area (Å²) in [6.45, 7) is 5.01. The maximum Gasteiger partial charge on any atom is 0.416 e. The van der Waals surface area contributed by atoms with Gasteiger partial charge < -0.3 is 30.1 Å². The van der Waals surface area contributed by atoms with Crippen LogP contribution in [0.25, 0.3) is 0 Å². The third-order valence-corrected chi connectivity index (χ3v) is 10.6. The summed E-state index contributed by atoms with van der Waals surface area (Å²) < 4.78 is 87.9. The van der Waals surface area contributed by atoms with E-state index in [0.29, 0.717) is 63.9 Å². The van der Waals surface area contributed by atoms with Crippen molar-refractivity contribution in [3.8, 4) is 0 Å². The van der Waals surface area contributed by atoms with Gasteiger partial charge in [-0.2, -0.15) is 26.3 Å². The van der Waals surface area contributed by atoms with E-state index in [0.717, 1.165) is 43.9 Å². The Morgan fingerprint density at radius 1 is 0.788 bits per heavy atom. The van der Waals surface area contributed by atoms with E-state index < -0.39 is 53.6 Å². The summed E-state index contributed by atoms with van der Waals surface area (Å²) in [6, 6.07) is 8.51. The first-order chi connectivity index (χ1) is 24.8. The van der Waals surface area contributed by atoms with Crippen LogP contribution in [0.5, 0.6) is 0 Å². The molecule has 2 aromatic rings. The largest absolute Gasteiger partial charge is 0.436 e. The van der Waals surface area contributed by atoms with Crippen molar-refractivity contribution in [3.63, 3.8) is 0 Å². The highest BCUT2D eigenvalue weighted by molar-refractivity contribution is 5.91. The van der Waals surface area contributed by atoms with Crippen LogP contribution < -0.4 is 10.6 Å². The molecule has 2 aromatic carbocycles. The molecular weight excluding hydrogens is 694 g/mol. The van der Waals surface area contributed by atoms with Crippen LogP contribution >= 0.6 is 0 Å². The van der Waals surface area contributed by atoms with Crippen molar-refractivity contribution in [1.29, 1.82) is 0 Å². The van der Waals surface area contributed by atoms with Gasteiger partial charge in [0.15, 0.2) is 6.10 Å². The molecule has 3 saturated heterocycles. The molecule has 0 spiro atoms. The van der Waals surface area contributed by atoms with Gasteiger partial charge in [0.2, 0.25) is 0 Å². The van der Waals surface area contributed by atoms with E-state index in [4.69, 9.17) is 4.74 Å². The molecule has 1 atom stereocenters. The van der Waals surface area contributed by atoms with E-state index in [9.17, 15) is 40.7 Å². The Morgan fingerprint density at radius 2 is 1.42 bits per heavy atom. The second kappa shape index (κ2) is 15.9. The second-order valence-corrected chi connectivity index (χ2v) is 13.9. The third kappa shape index (κ3) is 9.11. The quantitative estimate of drug-likeness (QED) is 0.375. The predicted molar refractivity (Wildman–Crippen MR) is 180 cm³/mol. The molecule has 52 heavy (non-hydrogen) atoms. The minimum atomic E-state index is -5.08. The van der Waals surface area contributed by atoms with Gasteiger partial charge in [-0.25, -0.2) is 9.59 Å². The highest BCUT2D eigenvalue weighted by Crippen LogP contribution is 2.37. The zero-order valence-corrected chi connectivity index (χ0v) is 28.8. The molecular formula is C36H44F6N6O4. The Labute approximate surface area is 298 Å². The van der Waals surface area contributed by atoms with Crippen molar-refractivity contribution >= 4 is 23.7 Å². The fraction of sp³-hybridized carbons (Fsp3) is 0.583. The van der Waals surface area contributed by atoms with Crippen molar-refractivity contribution in [1.82, 2.24) is 24.9 Å². The molecule has 0 bridgehead atoms. The standard InChI is InChI=1S/C36H44F6N6O4/c37-35(38,39)26-20-24(21-27(23-26)36(40,41)42)22-31(32(49)46-14-7-28(8-15-46)45-13-3-11-43-12-19-45)52-34(51)47-16-9-29(10-17-47)48-18-6-25-4-1-2-5-30(25)44-33(48)50/h1-2,4-5,20-21,23,28-29,31,43H,3,6-19,22H2,(H,44,50). The fourth-order valence-corrected chi connectivity index (χ4v) is 7.71. The smallest absolute Gasteiger partial charge is 0.416 e. The Hall–Kier alpha value is -4.05. The summed E-state index contributed by atoms with van der Waals surface area (Å²) in [6.07, 6.45) is -9.61. The van der Waals surface area contributed by atoms with Crippen LogP contribution in [0.3, 0.4) is 0 Å². The van der Waals surface area contributed by atoms with Gasteiger partial charge in [0, 0.05) is 70.0 Å². The van der Waals surface area contributed by atoms with Gasteiger partial charge in [0.1, 0.15) is 0 Å². The summed E-state index contributed by atoms with van der Waals surface area (Å²) >= 11 is 0.